The SMILES string of the molecule is COC(=O)c1nc(NC(=O)c2cc3cc(C)ccc3nc2C)sc1C(C)C. The lowest BCUT2D eigenvalue weighted by Crippen LogP contribution is -2.14. The number of rotatable bonds is 4. The van der Waals surface area contributed by atoms with Gasteiger partial charge in [0.15, 0.2) is 10.8 Å². The van der Waals surface area contributed by atoms with Crippen LogP contribution in [0.1, 0.15) is 56.7 Å². The number of nitrogens with one attached hydrogen (secondary N) is 1. The van der Waals surface area contributed by atoms with Gasteiger partial charge in [-0.3, -0.25) is 15.1 Å². The summed E-state index contributed by atoms with van der Waals surface area (Å²) in [7, 11) is 1.32. The minimum Gasteiger partial charge on any atom is -0.464 e. The molecular formula is C20H21N3O3S. The number of carbonyl (C=O) groups is 2. The minimum absolute atomic E-state index is 0.0919. The molecule has 7 heteroatoms. The van der Waals surface area contributed by atoms with E-state index in [9.17, 15) is 9.59 Å². The number of carbonyl (C=O) groups excluding carboxylic acids is 2. The van der Waals surface area contributed by atoms with Crippen LogP contribution in [0.25, 0.3) is 10.9 Å². The zero-order valence-corrected chi connectivity index (χ0v) is 16.7. The maximum Gasteiger partial charge on any atom is 0.357 e. The number of ether oxygens (including phenoxy) is 1. The zero-order valence-electron chi connectivity index (χ0n) is 15.9. The summed E-state index contributed by atoms with van der Waals surface area (Å²) in [6.07, 6.45) is 0. The summed E-state index contributed by atoms with van der Waals surface area (Å²) in [5.41, 5.74) is 3.31. The Balaban J connectivity index is 1.95. The topological polar surface area (TPSA) is 81.2 Å². The maximum absolute atomic E-state index is 12.8. The Bertz CT molecular complexity index is 1040. The second kappa shape index (κ2) is 7.44. The molecule has 0 fully saturated rings. The number of nitrogens with zero attached hydrogens (tertiary/aromatic N) is 2. The van der Waals surface area contributed by atoms with Gasteiger partial charge in [-0.05, 0) is 38.0 Å². The molecule has 0 saturated carbocycles. The van der Waals surface area contributed by atoms with Crippen LogP contribution in [0, 0.1) is 13.8 Å². The highest BCUT2D eigenvalue weighted by Gasteiger charge is 2.22. The third-order valence-electron chi connectivity index (χ3n) is 4.18. The standard InChI is InChI=1S/C20H21N3O3S/c1-10(2)17-16(19(25)26-5)22-20(27-17)23-18(24)14-9-13-8-11(3)6-7-15(13)21-12(14)4/h6-10H,1-5H3,(H,22,23,24). The molecule has 3 aromatic rings. The molecule has 0 unspecified atom stereocenters. The smallest absolute Gasteiger partial charge is 0.357 e. The molecule has 3 rings (SSSR count). The number of anilines is 1. The predicted molar refractivity (Wildman–Crippen MR) is 107 cm³/mol. The predicted octanol–water partition coefficient (Wildman–Crippen LogP) is 4.47. The van der Waals surface area contributed by atoms with E-state index in [0.29, 0.717) is 16.4 Å². The second-order valence-corrected chi connectivity index (χ2v) is 7.68. The van der Waals surface area contributed by atoms with Crippen LogP contribution in [0.3, 0.4) is 0 Å². The van der Waals surface area contributed by atoms with Crippen LogP contribution in [-0.2, 0) is 4.74 Å². The van der Waals surface area contributed by atoms with E-state index in [1.54, 1.807) is 6.92 Å². The number of aromatic nitrogens is 2. The first-order valence-electron chi connectivity index (χ1n) is 8.58. The highest BCUT2D eigenvalue weighted by Crippen LogP contribution is 2.31. The van der Waals surface area contributed by atoms with Crippen molar-refractivity contribution in [2.75, 3.05) is 12.4 Å². The van der Waals surface area contributed by atoms with Gasteiger partial charge >= 0.3 is 5.97 Å². The summed E-state index contributed by atoms with van der Waals surface area (Å²) in [6.45, 7) is 7.72. The molecule has 0 radical (unpaired) electrons. The van der Waals surface area contributed by atoms with Crippen molar-refractivity contribution in [3.8, 4) is 0 Å². The monoisotopic (exact) mass is 383 g/mol. The first-order valence-corrected chi connectivity index (χ1v) is 9.40. The Morgan fingerprint density at radius 1 is 1.15 bits per heavy atom. The van der Waals surface area contributed by atoms with Crippen LogP contribution in [0.4, 0.5) is 5.13 Å². The average molecular weight is 383 g/mol. The third kappa shape index (κ3) is 3.83. The summed E-state index contributed by atoms with van der Waals surface area (Å²) in [5, 5.41) is 4.07. The largest absolute Gasteiger partial charge is 0.464 e. The van der Waals surface area contributed by atoms with Crippen molar-refractivity contribution in [1.82, 2.24) is 9.97 Å². The van der Waals surface area contributed by atoms with Crippen molar-refractivity contribution < 1.29 is 14.3 Å². The molecule has 2 heterocycles. The highest BCUT2D eigenvalue weighted by molar-refractivity contribution is 7.16. The Morgan fingerprint density at radius 3 is 2.56 bits per heavy atom. The third-order valence-corrected chi connectivity index (χ3v) is 5.45. The van der Waals surface area contributed by atoms with Crippen LogP contribution in [-0.4, -0.2) is 29.0 Å². The first kappa shape index (κ1) is 19.0. The summed E-state index contributed by atoms with van der Waals surface area (Å²) in [4.78, 5) is 34.3. The van der Waals surface area contributed by atoms with Gasteiger partial charge < -0.3 is 4.74 Å². The molecule has 1 amide bonds. The van der Waals surface area contributed by atoms with E-state index >= 15 is 0 Å². The molecule has 27 heavy (non-hydrogen) atoms. The molecule has 1 N–H and O–H groups in total. The highest BCUT2D eigenvalue weighted by atomic mass is 32.1. The molecule has 0 spiro atoms. The van der Waals surface area contributed by atoms with Crippen molar-refractivity contribution in [2.24, 2.45) is 0 Å². The Morgan fingerprint density at radius 2 is 1.89 bits per heavy atom. The van der Waals surface area contributed by atoms with Crippen molar-refractivity contribution in [2.45, 2.75) is 33.6 Å². The maximum atomic E-state index is 12.8. The van der Waals surface area contributed by atoms with Crippen molar-refractivity contribution in [3.63, 3.8) is 0 Å². The number of hydrogen-bond donors (Lipinski definition) is 1. The van der Waals surface area contributed by atoms with Gasteiger partial charge in [0.1, 0.15) is 0 Å². The van der Waals surface area contributed by atoms with Gasteiger partial charge in [0.25, 0.3) is 5.91 Å². The molecule has 0 aliphatic rings. The van der Waals surface area contributed by atoms with Gasteiger partial charge in [-0.2, -0.15) is 0 Å². The van der Waals surface area contributed by atoms with E-state index in [1.807, 2.05) is 45.0 Å². The Hall–Kier alpha value is -2.80. The van der Waals surface area contributed by atoms with Gasteiger partial charge in [0, 0.05) is 10.3 Å². The van der Waals surface area contributed by atoms with Gasteiger partial charge in [-0.15, -0.1) is 11.3 Å². The van der Waals surface area contributed by atoms with Crippen molar-refractivity contribution in [3.05, 3.63) is 51.7 Å². The molecule has 0 atom stereocenters. The van der Waals surface area contributed by atoms with Crippen LogP contribution in [0.15, 0.2) is 24.3 Å². The number of pyridine rings is 1. The number of esters is 1. The number of methoxy groups -OCH3 is 1. The fourth-order valence-electron chi connectivity index (χ4n) is 2.81. The first-order chi connectivity index (χ1) is 12.8. The molecule has 0 aliphatic carbocycles. The molecule has 0 bridgehead atoms. The van der Waals surface area contributed by atoms with E-state index in [-0.39, 0.29) is 17.5 Å². The zero-order chi connectivity index (χ0) is 19.7. The van der Waals surface area contributed by atoms with E-state index in [4.69, 9.17) is 4.74 Å². The lowest BCUT2D eigenvalue weighted by atomic mass is 10.1. The summed E-state index contributed by atoms with van der Waals surface area (Å²) in [5.74, 6) is -0.715. The molecule has 6 nitrogen and oxygen atoms in total. The lowest BCUT2D eigenvalue weighted by Gasteiger charge is -2.07. The van der Waals surface area contributed by atoms with E-state index in [1.165, 1.54) is 18.4 Å². The number of amides is 1. The number of thiazole rings is 1. The van der Waals surface area contributed by atoms with E-state index < -0.39 is 5.97 Å². The Kier molecular flexibility index (Phi) is 5.23. The summed E-state index contributed by atoms with van der Waals surface area (Å²) >= 11 is 1.28. The Labute approximate surface area is 161 Å². The van der Waals surface area contributed by atoms with E-state index in [2.05, 4.69) is 15.3 Å². The molecule has 0 saturated heterocycles. The van der Waals surface area contributed by atoms with Gasteiger partial charge in [0.05, 0.1) is 23.9 Å². The van der Waals surface area contributed by atoms with Crippen LogP contribution in [0.2, 0.25) is 0 Å². The molecule has 0 aliphatic heterocycles. The second-order valence-electron chi connectivity index (χ2n) is 6.65. The lowest BCUT2D eigenvalue weighted by molar-refractivity contribution is 0.0593. The summed E-state index contributed by atoms with van der Waals surface area (Å²) < 4.78 is 4.79. The average Bonchev–Trinajstić information content (AvgIpc) is 3.04. The van der Waals surface area contributed by atoms with Crippen molar-refractivity contribution >= 4 is 39.2 Å². The minimum atomic E-state index is -0.505. The number of hydrogen-bond acceptors (Lipinski definition) is 6. The van der Waals surface area contributed by atoms with Crippen LogP contribution in [0.5, 0.6) is 0 Å². The van der Waals surface area contributed by atoms with Crippen LogP contribution < -0.4 is 5.32 Å². The van der Waals surface area contributed by atoms with Gasteiger partial charge in [0.2, 0.25) is 0 Å². The normalized spacial score (nSPS) is 11.0. The molecule has 2 aromatic heterocycles. The van der Waals surface area contributed by atoms with Gasteiger partial charge in [-0.25, -0.2) is 9.78 Å². The van der Waals surface area contributed by atoms with E-state index in [0.717, 1.165) is 21.3 Å². The fourth-order valence-corrected chi connectivity index (χ4v) is 3.76. The molecular weight excluding hydrogens is 362 g/mol. The van der Waals surface area contributed by atoms with Gasteiger partial charge in [-0.1, -0.05) is 25.5 Å². The van der Waals surface area contributed by atoms with Crippen LogP contribution >= 0.6 is 11.3 Å². The van der Waals surface area contributed by atoms with Crippen molar-refractivity contribution in [1.29, 1.82) is 0 Å². The molecule has 140 valence electrons. The number of fused-ring (bicyclic) bond motifs is 1. The fraction of sp³-hybridized carbons (Fsp3) is 0.300. The number of benzene rings is 1. The quantitative estimate of drug-likeness (QED) is 0.672. The molecule has 1 aromatic carbocycles. The number of aryl methyl sites for hydroxylation is 2. The summed E-state index contributed by atoms with van der Waals surface area (Å²) in [6, 6.07) is 7.76.